The number of piperidine rings is 1. The van der Waals surface area contributed by atoms with Crippen molar-refractivity contribution in [2.75, 3.05) is 11.9 Å². The molecule has 0 radical (unpaired) electrons. The number of nitrogens with one attached hydrogen (secondary N) is 2. The second kappa shape index (κ2) is 7.18. The first-order chi connectivity index (χ1) is 13.4. The normalized spacial score (nSPS) is 25.3. The number of aromatic nitrogens is 3. The fourth-order valence-corrected chi connectivity index (χ4v) is 4.14. The number of hydrogen-bond acceptors (Lipinski definition) is 6. The lowest BCUT2D eigenvalue weighted by Gasteiger charge is -2.35. The second-order valence-corrected chi connectivity index (χ2v) is 9.09. The molecule has 2 fully saturated rings. The molecule has 1 unspecified atom stereocenters. The second-order valence-electron chi connectivity index (χ2n) is 9.09. The van der Waals surface area contributed by atoms with E-state index in [1.54, 1.807) is 6.20 Å². The van der Waals surface area contributed by atoms with E-state index in [1.165, 1.54) is 12.8 Å². The van der Waals surface area contributed by atoms with Gasteiger partial charge in [-0.25, -0.2) is 4.98 Å². The number of hydrogen-bond donors (Lipinski definition) is 2. The van der Waals surface area contributed by atoms with E-state index >= 15 is 0 Å². The molecule has 1 atom stereocenters. The molecular weight excluding hydrogens is 354 g/mol. The van der Waals surface area contributed by atoms with Gasteiger partial charge in [0.05, 0.1) is 5.56 Å². The Bertz CT molecular complexity index is 852. The largest absolute Gasteiger partial charge is 0.419 e. The minimum absolute atomic E-state index is 0.0525. The summed E-state index contributed by atoms with van der Waals surface area (Å²) < 4.78 is 5.98. The smallest absolute Gasteiger partial charge is 0.251 e. The first-order valence-electron chi connectivity index (χ1n) is 10.2. The zero-order valence-electron chi connectivity index (χ0n) is 16.9. The molecule has 3 heterocycles. The molecule has 150 valence electrons. The Kier molecular flexibility index (Phi) is 4.85. The maximum atomic E-state index is 12.4. The van der Waals surface area contributed by atoms with Gasteiger partial charge in [-0.2, -0.15) is 0 Å². The average Bonchev–Trinajstić information content (AvgIpc) is 3.17. The number of carbonyl (C=O) groups is 1. The molecule has 1 aliphatic carbocycles. The van der Waals surface area contributed by atoms with Crippen molar-refractivity contribution in [3.63, 3.8) is 0 Å². The van der Waals surface area contributed by atoms with E-state index in [0.717, 1.165) is 30.6 Å². The molecule has 1 aliphatic heterocycles. The summed E-state index contributed by atoms with van der Waals surface area (Å²) in [6, 6.07) is 4.19. The molecule has 2 aromatic rings. The Hall–Kier alpha value is -2.44. The van der Waals surface area contributed by atoms with E-state index in [-0.39, 0.29) is 5.91 Å². The van der Waals surface area contributed by atoms with Crippen molar-refractivity contribution in [3.05, 3.63) is 24.2 Å². The molecule has 0 bridgehead atoms. The van der Waals surface area contributed by atoms with Crippen molar-refractivity contribution in [2.45, 2.75) is 70.8 Å². The lowest BCUT2D eigenvalue weighted by Crippen LogP contribution is -2.47. The fraction of sp³-hybridized carbons (Fsp3) is 0.619. The average molecular weight is 383 g/mol. The van der Waals surface area contributed by atoms with Crippen molar-refractivity contribution in [3.8, 4) is 11.5 Å². The molecule has 7 nitrogen and oxygen atoms in total. The Morgan fingerprint density at radius 1 is 1.18 bits per heavy atom. The third-order valence-corrected chi connectivity index (χ3v) is 6.26. The van der Waals surface area contributed by atoms with Gasteiger partial charge in [0.2, 0.25) is 11.8 Å². The van der Waals surface area contributed by atoms with Crippen LogP contribution in [0.15, 0.2) is 22.7 Å². The molecule has 1 saturated heterocycles. The fourth-order valence-electron chi connectivity index (χ4n) is 4.14. The van der Waals surface area contributed by atoms with E-state index in [4.69, 9.17) is 4.42 Å². The third kappa shape index (κ3) is 3.62. The van der Waals surface area contributed by atoms with Gasteiger partial charge in [0.25, 0.3) is 5.89 Å². The van der Waals surface area contributed by atoms with Crippen molar-refractivity contribution < 1.29 is 9.21 Å². The highest BCUT2D eigenvalue weighted by atomic mass is 16.4. The highest BCUT2D eigenvalue weighted by Crippen LogP contribution is 2.37. The number of rotatable bonds is 4. The van der Waals surface area contributed by atoms with Crippen LogP contribution in [0.25, 0.3) is 11.5 Å². The summed E-state index contributed by atoms with van der Waals surface area (Å²) in [5, 5.41) is 14.9. The molecule has 28 heavy (non-hydrogen) atoms. The lowest BCUT2D eigenvalue weighted by atomic mass is 9.75. The number of nitrogens with zero attached hydrogens (tertiary/aromatic N) is 3. The van der Waals surface area contributed by atoms with Crippen LogP contribution in [0.3, 0.4) is 0 Å². The Labute approximate surface area is 165 Å². The minimum Gasteiger partial charge on any atom is -0.419 e. The SMILES string of the molecule is CC1(C)CCC(Nc2ncccc2-c2nnc(C3(C)CCCNC3=O)o2)CC1. The van der Waals surface area contributed by atoms with E-state index in [9.17, 15) is 4.79 Å². The predicted octanol–water partition coefficient (Wildman–Crippen LogP) is 3.68. The van der Waals surface area contributed by atoms with Crippen LogP contribution in [0.4, 0.5) is 5.82 Å². The van der Waals surface area contributed by atoms with Crippen LogP contribution in [0, 0.1) is 5.41 Å². The van der Waals surface area contributed by atoms with Gasteiger partial charge in [0.1, 0.15) is 11.2 Å². The molecule has 2 N–H and O–H groups in total. The Morgan fingerprint density at radius 3 is 2.71 bits per heavy atom. The molecule has 4 rings (SSSR count). The Balaban J connectivity index is 1.56. The zero-order valence-corrected chi connectivity index (χ0v) is 16.9. The van der Waals surface area contributed by atoms with Crippen LogP contribution >= 0.6 is 0 Å². The quantitative estimate of drug-likeness (QED) is 0.837. The summed E-state index contributed by atoms with van der Waals surface area (Å²) in [6.07, 6.45) is 8.02. The monoisotopic (exact) mass is 383 g/mol. The molecule has 7 heteroatoms. The van der Waals surface area contributed by atoms with Gasteiger partial charge >= 0.3 is 0 Å². The van der Waals surface area contributed by atoms with Gasteiger partial charge in [-0.1, -0.05) is 13.8 Å². The van der Waals surface area contributed by atoms with E-state index in [1.807, 2.05) is 19.1 Å². The first kappa shape index (κ1) is 18.9. The lowest BCUT2D eigenvalue weighted by molar-refractivity contribution is -0.128. The van der Waals surface area contributed by atoms with Gasteiger partial charge in [0.15, 0.2) is 0 Å². The molecular formula is C21H29N5O2. The highest BCUT2D eigenvalue weighted by molar-refractivity contribution is 5.87. The van der Waals surface area contributed by atoms with Gasteiger partial charge in [0, 0.05) is 18.8 Å². The van der Waals surface area contributed by atoms with Crippen LogP contribution < -0.4 is 10.6 Å². The molecule has 2 aliphatic rings. The third-order valence-electron chi connectivity index (χ3n) is 6.26. The summed E-state index contributed by atoms with van der Waals surface area (Å²) in [7, 11) is 0. The number of pyridine rings is 1. The maximum absolute atomic E-state index is 12.4. The van der Waals surface area contributed by atoms with Gasteiger partial charge < -0.3 is 15.1 Å². The van der Waals surface area contributed by atoms with Gasteiger partial charge in [-0.3, -0.25) is 4.79 Å². The summed E-state index contributed by atoms with van der Waals surface area (Å²) in [5.41, 5.74) is 0.433. The van der Waals surface area contributed by atoms with E-state index in [0.29, 0.717) is 36.2 Å². The summed E-state index contributed by atoms with van der Waals surface area (Å²) in [4.78, 5) is 16.9. The standard InChI is InChI=1S/C21H29N5O2/c1-20(2)10-7-14(8-11-20)24-16-15(6-4-12-22-16)17-25-26-19(28-17)21(3)9-5-13-23-18(21)27/h4,6,12,14H,5,7-11,13H2,1-3H3,(H,22,24)(H,23,27). The van der Waals surface area contributed by atoms with Crippen molar-refractivity contribution in [2.24, 2.45) is 5.41 Å². The van der Waals surface area contributed by atoms with Crippen molar-refractivity contribution in [1.29, 1.82) is 0 Å². The minimum atomic E-state index is -0.770. The molecule has 1 saturated carbocycles. The summed E-state index contributed by atoms with van der Waals surface area (Å²) in [6.45, 7) is 7.23. The van der Waals surface area contributed by atoms with Crippen LogP contribution in [0.5, 0.6) is 0 Å². The van der Waals surface area contributed by atoms with Crippen LogP contribution in [-0.2, 0) is 10.2 Å². The van der Waals surface area contributed by atoms with E-state index < -0.39 is 5.41 Å². The predicted molar refractivity (Wildman–Crippen MR) is 107 cm³/mol. The number of carbonyl (C=O) groups excluding carboxylic acids is 1. The zero-order chi connectivity index (χ0) is 19.8. The van der Waals surface area contributed by atoms with E-state index in [2.05, 4.69) is 39.7 Å². The van der Waals surface area contributed by atoms with Crippen molar-refractivity contribution >= 4 is 11.7 Å². The van der Waals surface area contributed by atoms with Crippen LogP contribution in [0.1, 0.15) is 65.2 Å². The Morgan fingerprint density at radius 2 is 1.96 bits per heavy atom. The summed E-state index contributed by atoms with van der Waals surface area (Å²) in [5.74, 6) is 1.49. The number of amides is 1. The maximum Gasteiger partial charge on any atom is 0.251 e. The van der Waals surface area contributed by atoms with Gasteiger partial charge in [-0.05, 0) is 63.0 Å². The molecule has 1 amide bonds. The topological polar surface area (TPSA) is 92.9 Å². The molecule has 0 aromatic carbocycles. The summed E-state index contributed by atoms with van der Waals surface area (Å²) >= 11 is 0. The molecule has 0 spiro atoms. The highest BCUT2D eigenvalue weighted by Gasteiger charge is 2.42. The van der Waals surface area contributed by atoms with Crippen LogP contribution in [0.2, 0.25) is 0 Å². The van der Waals surface area contributed by atoms with Crippen LogP contribution in [-0.4, -0.2) is 33.7 Å². The number of anilines is 1. The molecule has 2 aromatic heterocycles. The first-order valence-corrected chi connectivity index (χ1v) is 10.2. The van der Waals surface area contributed by atoms with Crippen molar-refractivity contribution in [1.82, 2.24) is 20.5 Å². The van der Waals surface area contributed by atoms with Gasteiger partial charge in [-0.15, -0.1) is 10.2 Å².